The standard InChI is InChI=1S/C10H18O3/c1-4-7(2)5-6-9(8(3)11)10(12)13/h7,9H,4-6H2,1-3H3,(H,12,13). The van der Waals surface area contributed by atoms with E-state index in [0.717, 1.165) is 12.8 Å². The first-order chi connectivity index (χ1) is 5.99. The van der Waals surface area contributed by atoms with Gasteiger partial charge in [0.15, 0.2) is 0 Å². The molecule has 0 fully saturated rings. The average Bonchev–Trinajstić information content (AvgIpc) is 2.03. The number of carbonyl (C=O) groups is 2. The normalized spacial score (nSPS) is 15.0. The first-order valence-electron chi connectivity index (χ1n) is 4.72. The number of carboxylic acids is 1. The van der Waals surface area contributed by atoms with Crippen molar-refractivity contribution in [1.29, 1.82) is 0 Å². The molecule has 0 rings (SSSR count). The summed E-state index contributed by atoms with van der Waals surface area (Å²) in [6.07, 6.45) is 2.32. The molecular weight excluding hydrogens is 168 g/mol. The Bertz CT molecular complexity index is 173. The molecule has 0 heterocycles. The minimum absolute atomic E-state index is 0.240. The molecule has 0 aromatic rings. The molecule has 2 unspecified atom stereocenters. The van der Waals surface area contributed by atoms with Gasteiger partial charge in [-0.05, 0) is 25.7 Å². The fourth-order valence-corrected chi connectivity index (χ4v) is 1.16. The van der Waals surface area contributed by atoms with Crippen LogP contribution in [0.15, 0.2) is 0 Å². The van der Waals surface area contributed by atoms with Crippen LogP contribution < -0.4 is 0 Å². The minimum Gasteiger partial charge on any atom is -0.481 e. The van der Waals surface area contributed by atoms with Crippen molar-refractivity contribution in [2.24, 2.45) is 11.8 Å². The summed E-state index contributed by atoms with van der Waals surface area (Å²) < 4.78 is 0. The van der Waals surface area contributed by atoms with E-state index in [0.29, 0.717) is 12.3 Å². The Morgan fingerprint density at radius 1 is 1.31 bits per heavy atom. The molecule has 0 aromatic heterocycles. The molecule has 1 N–H and O–H groups in total. The number of hydrogen-bond acceptors (Lipinski definition) is 2. The van der Waals surface area contributed by atoms with Crippen molar-refractivity contribution >= 4 is 11.8 Å². The van der Waals surface area contributed by atoms with Crippen LogP contribution in [0.2, 0.25) is 0 Å². The van der Waals surface area contributed by atoms with Crippen LogP contribution in [0.4, 0.5) is 0 Å². The van der Waals surface area contributed by atoms with Gasteiger partial charge in [0.05, 0.1) is 0 Å². The summed E-state index contributed by atoms with van der Waals surface area (Å²) in [5.74, 6) is -1.53. The number of rotatable bonds is 6. The van der Waals surface area contributed by atoms with Gasteiger partial charge in [0.1, 0.15) is 11.7 Å². The van der Waals surface area contributed by atoms with Gasteiger partial charge in [0.2, 0.25) is 0 Å². The second-order valence-corrected chi connectivity index (χ2v) is 3.59. The van der Waals surface area contributed by atoms with E-state index in [4.69, 9.17) is 5.11 Å². The molecule has 0 saturated carbocycles. The third-order valence-electron chi connectivity index (χ3n) is 2.43. The largest absolute Gasteiger partial charge is 0.481 e. The smallest absolute Gasteiger partial charge is 0.314 e. The highest BCUT2D eigenvalue weighted by atomic mass is 16.4. The lowest BCUT2D eigenvalue weighted by molar-refractivity contribution is -0.146. The summed E-state index contributed by atoms with van der Waals surface area (Å²) in [4.78, 5) is 21.5. The van der Waals surface area contributed by atoms with Crippen molar-refractivity contribution in [3.63, 3.8) is 0 Å². The summed E-state index contributed by atoms with van der Waals surface area (Å²) in [6.45, 7) is 5.47. The lowest BCUT2D eigenvalue weighted by Crippen LogP contribution is -2.21. The molecule has 0 spiro atoms. The third kappa shape index (κ3) is 4.65. The van der Waals surface area contributed by atoms with Crippen LogP contribution in [0, 0.1) is 11.8 Å². The average molecular weight is 186 g/mol. The van der Waals surface area contributed by atoms with Crippen LogP contribution in [0.5, 0.6) is 0 Å². The van der Waals surface area contributed by atoms with Gasteiger partial charge in [-0.2, -0.15) is 0 Å². The van der Waals surface area contributed by atoms with Crippen LogP contribution in [0.1, 0.15) is 40.0 Å². The SMILES string of the molecule is CCC(C)CCC(C(C)=O)C(=O)O. The molecule has 76 valence electrons. The Kier molecular flexibility index (Phi) is 5.35. The van der Waals surface area contributed by atoms with E-state index < -0.39 is 11.9 Å². The molecule has 0 bridgehead atoms. The Morgan fingerprint density at radius 3 is 2.15 bits per heavy atom. The van der Waals surface area contributed by atoms with E-state index in [9.17, 15) is 9.59 Å². The van der Waals surface area contributed by atoms with Gasteiger partial charge in [-0.25, -0.2) is 0 Å². The number of Topliss-reactive ketones (excluding diaryl/α,β-unsaturated/α-hetero) is 1. The predicted octanol–water partition coefficient (Wildman–Crippen LogP) is 2.10. The molecule has 0 saturated heterocycles. The number of ketones is 1. The number of carboxylic acid groups (broad SMARTS) is 1. The summed E-state index contributed by atoms with van der Waals surface area (Å²) in [5.41, 5.74) is 0. The summed E-state index contributed by atoms with van der Waals surface area (Å²) in [6, 6.07) is 0. The molecule has 0 radical (unpaired) electrons. The zero-order valence-electron chi connectivity index (χ0n) is 8.54. The van der Waals surface area contributed by atoms with Crippen molar-refractivity contribution in [3.8, 4) is 0 Å². The zero-order valence-corrected chi connectivity index (χ0v) is 8.54. The van der Waals surface area contributed by atoms with E-state index in [1.165, 1.54) is 6.92 Å². The van der Waals surface area contributed by atoms with Gasteiger partial charge >= 0.3 is 5.97 Å². The van der Waals surface area contributed by atoms with E-state index >= 15 is 0 Å². The first kappa shape index (κ1) is 12.1. The zero-order chi connectivity index (χ0) is 10.4. The van der Waals surface area contributed by atoms with Crippen LogP contribution in [-0.2, 0) is 9.59 Å². The molecule has 0 amide bonds. The van der Waals surface area contributed by atoms with Crippen LogP contribution in [0.3, 0.4) is 0 Å². The summed E-state index contributed by atoms with van der Waals surface area (Å²) >= 11 is 0. The highest BCUT2D eigenvalue weighted by Gasteiger charge is 2.22. The van der Waals surface area contributed by atoms with Crippen molar-refractivity contribution in [2.45, 2.75) is 40.0 Å². The van der Waals surface area contributed by atoms with Gasteiger partial charge in [-0.15, -0.1) is 0 Å². The molecule has 13 heavy (non-hydrogen) atoms. The number of aliphatic carboxylic acids is 1. The van der Waals surface area contributed by atoms with E-state index in [1.807, 2.05) is 0 Å². The molecule has 0 aliphatic heterocycles. The molecule has 0 aromatic carbocycles. The molecule has 0 aliphatic rings. The van der Waals surface area contributed by atoms with Gasteiger partial charge in [0.25, 0.3) is 0 Å². The quantitative estimate of drug-likeness (QED) is 0.646. The van der Waals surface area contributed by atoms with Crippen molar-refractivity contribution in [2.75, 3.05) is 0 Å². The summed E-state index contributed by atoms with van der Waals surface area (Å²) in [5, 5.41) is 8.71. The van der Waals surface area contributed by atoms with Gasteiger partial charge in [-0.3, -0.25) is 9.59 Å². The number of carbonyl (C=O) groups excluding carboxylic acids is 1. The Morgan fingerprint density at radius 2 is 1.85 bits per heavy atom. The van der Waals surface area contributed by atoms with Crippen LogP contribution in [0.25, 0.3) is 0 Å². The first-order valence-corrected chi connectivity index (χ1v) is 4.72. The second-order valence-electron chi connectivity index (χ2n) is 3.59. The van der Waals surface area contributed by atoms with Crippen LogP contribution in [-0.4, -0.2) is 16.9 Å². The lowest BCUT2D eigenvalue weighted by Gasteiger charge is -2.11. The molecule has 3 nitrogen and oxygen atoms in total. The predicted molar refractivity (Wildman–Crippen MR) is 50.5 cm³/mol. The van der Waals surface area contributed by atoms with Gasteiger partial charge in [-0.1, -0.05) is 20.3 Å². The van der Waals surface area contributed by atoms with E-state index in [1.54, 1.807) is 0 Å². The van der Waals surface area contributed by atoms with Crippen molar-refractivity contribution in [1.82, 2.24) is 0 Å². The highest BCUT2D eigenvalue weighted by Crippen LogP contribution is 2.16. The fourth-order valence-electron chi connectivity index (χ4n) is 1.16. The second kappa shape index (κ2) is 5.73. The topological polar surface area (TPSA) is 54.4 Å². The molecular formula is C10H18O3. The maximum absolute atomic E-state index is 10.9. The van der Waals surface area contributed by atoms with Gasteiger partial charge < -0.3 is 5.11 Å². The maximum atomic E-state index is 10.9. The lowest BCUT2D eigenvalue weighted by atomic mass is 9.93. The Hall–Kier alpha value is -0.860. The summed E-state index contributed by atoms with van der Waals surface area (Å²) in [7, 11) is 0. The molecule has 3 heteroatoms. The van der Waals surface area contributed by atoms with E-state index in [-0.39, 0.29) is 5.78 Å². The van der Waals surface area contributed by atoms with Crippen molar-refractivity contribution < 1.29 is 14.7 Å². The van der Waals surface area contributed by atoms with Crippen molar-refractivity contribution in [3.05, 3.63) is 0 Å². The Balaban J connectivity index is 3.98. The molecule has 0 aliphatic carbocycles. The number of hydrogen-bond donors (Lipinski definition) is 1. The highest BCUT2D eigenvalue weighted by molar-refractivity contribution is 5.96. The third-order valence-corrected chi connectivity index (χ3v) is 2.43. The van der Waals surface area contributed by atoms with Gasteiger partial charge in [0, 0.05) is 0 Å². The monoisotopic (exact) mass is 186 g/mol. The van der Waals surface area contributed by atoms with Crippen LogP contribution >= 0.6 is 0 Å². The Labute approximate surface area is 79.1 Å². The van der Waals surface area contributed by atoms with E-state index in [2.05, 4.69) is 13.8 Å². The fraction of sp³-hybridized carbons (Fsp3) is 0.800. The minimum atomic E-state index is -0.990. The maximum Gasteiger partial charge on any atom is 0.314 e. The molecule has 2 atom stereocenters.